The molecule has 0 fully saturated rings. The molecule has 5 nitrogen and oxygen atoms in total. The Morgan fingerprint density at radius 2 is 1.36 bits per heavy atom. The Hall–Kier alpha value is -6.97. The number of para-hydroxylation sites is 2. The van der Waals surface area contributed by atoms with Crippen molar-refractivity contribution in [3.8, 4) is 56.7 Å². The number of hydrogen-bond donors (Lipinski definition) is 0. The van der Waals surface area contributed by atoms with Gasteiger partial charge in [0, 0.05) is 43.2 Å². The summed E-state index contributed by atoms with van der Waals surface area (Å²) in [4.78, 5) is 9.55. The SMILES string of the molecule is CC(C)(C)c1ccnc(-c2[c-]cc(F)cc2)c1.CC(C)c1cc(-c2ccc(-c3ccccc3)cc2)cc(C(C)C)c1-n1c(-c2[c-]ccc3c2oc2cc(C#N)ccc23)nc2ccccc21.[Ir]. The second kappa shape index (κ2) is 18.9. The molecular weight excluding hydrogens is 992 g/mol. The molecule has 0 aliphatic heterocycles. The summed E-state index contributed by atoms with van der Waals surface area (Å²) in [7, 11) is 0. The number of rotatable bonds is 7. The number of imidazole rings is 1. The molecule has 0 saturated carbocycles. The van der Waals surface area contributed by atoms with Gasteiger partial charge in [-0.05, 0) is 104 Å². The molecule has 1 radical (unpaired) electrons. The quantitative estimate of drug-likeness (QED) is 0.149. The zero-order valence-electron chi connectivity index (χ0n) is 38.1. The molecule has 10 aromatic rings. The first-order valence-electron chi connectivity index (χ1n) is 22.1. The van der Waals surface area contributed by atoms with Gasteiger partial charge in [-0.3, -0.25) is 9.37 Å². The van der Waals surface area contributed by atoms with Gasteiger partial charge in [-0.25, -0.2) is 0 Å². The standard InChI is InChI=1S/C44H34N3O.C15H15FN.Ir/c1-27(2)37-24-33(32-20-18-31(19-21-32)30-11-6-5-7-12-30)25-38(28(3)4)42(37)47-40-16-9-8-15-39(40)46-44(47)36-14-10-13-35-34-22-17-29(26-45)23-41(34)48-43(35)36;1-15(2,3)12-8-9-17-14(10-12)11-4-6-13(16)7-5-11;/h5-13,15-25,27-28H,1-4H3;4,6-10H,1-3H3;/q2*-1;. The van der Waals surface area contributed by atoms with Crippen LogP contribution < -0.4 is 0 Å². The van der Waals surface area contributed by atoms with E-state index in [1.54, 1.807) is 18.3 Å². The summed E-state index contributed by atoms with van der Waals surface area (Å²) in [6.07, 6.45) is 1.78. The van der Waals surface area contributed by atoms with Crippen LogP contribution in [0.5, 0.6) is 0 Å². The number of pyridine rings is 1. The maximum Gasteiger partial charge on any atom is 0.122 e. The van der Waals surface area contributed by atoms with Crippen molar-refractivity contribution in [3.63, 3.8) is 0 Å². The molecule has 0 bridgehead atoms. The van der Waals surface area contributed by atoms with Crippen molar-refractivity contribution < 1.29 is 28.9 Å². The van der Waals surface area contributed by atoms with Crippen LogP contribution in [0, 0.1) is 29.3 Å². The Kier molecular flexibility index (Phi) is 13.0. The fourth-order valence-corrected chi connectivity index (χ4v) is 8.48. The molecular formula is C59H49FIrN4O-2. The van der Waals surface area contributed by atoms with Gasteiger partial charge >= 0.3 is 0 Å². The summed E-state index contributed by atoms with van der Waals surface area (Å²) in [5.41, 5.74) is 16.1. The Labute approximate surface area is 400 Å². The topological polar surface area (TPSA) is 67.6 Å². The number of fused-ring (bicyclic) bond motifs is 4. The van der Waals surface area contributed by atoms with Crippen LogP contribution in [0.1, 0.15) is 82.6 Å². The number of aromatic nitrogens is 3. The molecule has 0 unspecified atom stereocenters. The molecule has 0 atom stereocenters. The largest absolute Gasteiger partial charge is 0.500 e. The fourth-order valence-electron chi connectivity index (χ4n) is 8.48. The van der Waals surface area contributed by atoms with Gasteiger partial charge in [-0.15, -0.1) is 48.0 Å². The van der Waals surface area contributed by atoms with Crippen molar-refractivity contribution in [3.05, 3.63) is 198 Å². The van der Waals surface area contributed by atoms with Gasteiger partial charge in [0.2, 0.25) is 0 Å². The van der Waals surface area contributed by atoms with Crippen molar-refractivity contribution in [2.24, 2.45) is 0 Å². The van der Waals surface area contributed by atoms with Gasteiger partial charge < -0.3 is 14.0 Å². The zero-order chi connectivity index (χ0) is 45.4. The van der Waals surface area contributed by atoms with E-state index in [1.165, 1.54) is 51.1 Å². The maximum absolute atomic E-state index is 12.8. The minimum Gasteiger partial charge on any atom is -0.500 e. The van der Waals surface area contributed by atoms with Crippen molar-refractivity contribution in [1.82, 2.24) is 14.5 Å². The molecule has 0 spiro atoms. The van der Waals surface area contributed by atoms with E-state index in [1.807, 2.05) is 42.5 Å². The Bertz CT molecular complexity index is 3340. The first-order valence-corrected chi connectivity index (χ1v) is 22.1. The predicted octanol–water partition coefficient (Wildman–Crippen LogP) is 15.8. The molecule has 10 rings (SSSR count). The first-order chi connectivity index (χ1) is 31.4. The van der Waals surface area contributed by atoms with E-state index >= 15 is 0 Å². The monoisotopic (exact) mass is 1040 g/mol. The molecule has 0 N–H and O–H groups in total. The van der Waals surface area contributed by atoms with E-state index in [0.29, 0.717) is 16.7 Å². The number of nitriles is 1. The fraction of sp³-hybridized carbons (Fsp3) is 0.169. The van der Waals surface area contributed by atoms with Crippen LogP contribution in [0.25, 0.3) is 83.6 Å². The second-order valence-corrected chi connectivity index (χ2v) is 18.1. The van der Waals surface area contributed by atoms with E-state index in [2.05, 4.69) is 161 Å². The molecule has 329 valence electrons. The zero-order valence-corrected chi connectivity index (χ0v) is 40.5. The van der Waals surface area contributed by atoms with E-state index in [0.717, 1.165) is 50.1 Å². The average Bonchev–Trinajstić information content (AvgIpc) is 3.90. The Balaban J connectivity index is 0.000000278. The Morgan fingerprint density at radius 3 is 2.02 bits per heavy atom. The van der Waals surface area contributed by atoms with Crippen LogP contribution in [0.3, 0.4) is 0 Å². The van der Waals surface area contributed by atoms with Crippen molar-refractivity contribution in [2.75, 3.05) is 0 Å². The molecule has 0 aliphatic rings. The van der Waals surface area contributed by atoms with Gasteiger partial charge in [-0.2, -0.15) is 5.26 Å². The summed E-state index contributed by atoms with van der Waals surface area (Å²) in [6, 6.07) is 59.2. The van der Waals surface area contributed by atoms with Crippen LogP contribution in [-0.4, -0.2) is 14.5 Å². The van der Waals surface area contributed by atoms with Crippen LogP contribution >= 0.6 is 0 Å². The third kappa shape index (κ3) is 9.00. The Morgan fingerprint density at radius 1 is 0.697 bits per heavy atom. The molecule has 0 saturated heterocycles. The van der Waals surface area contributed by atoms with Gasteiger partial charge in [0.1, 0.15) is 5.58 Å². The summed E-state index contributed by atoms with van der Waals surface area (Å²) in [5, 5.41) is 11.5. The molecule has 0 amide bonds. The van der Waals surface area contributed by atoms with Crippen LogP contribution in [0.4, 0.5) is 4.39 Å². The minimum absolute atomic E-state index is 0. The van der Waals surface area contributed by atoms with Gasteiger partial charge in [0.05, 0.1) is 34.1 Å². The minimum atomic E-state index is -0.277. The maximum atomic E-state index is 12.8. The van der Waals surface area contributed by atoms with Crippen LogP contribution in [-0.2, 0) is 25.5 Å². The molecule has 3 heterocycles. The van der Waals surface area contributed by atoms with Gasteiger partial charge in [0.15, 0.2) is 0 Å². The summed E-state index contributed by atoms with van der Waals surface area (Å²) < 4.78 is 21.6. The molecule has 3 aromatic heterocycles. The van der Waals surface area contributed by atoms with Gasteiger partial charge in [0.25, 0.3) is 0 Å². The van der Waals surface area contributed by atoms with Gasteiger partial charge in [-0.1, -0.05) is 138 Å². The first kappa shape index (κ1) is 45.6. The van der Waals surface area contributed by atoms with Crippen LogP contribution in [0.2, 0.25) is 0 Å². The average molecular weight is 1040 g/mol. The summed E-state index contributed by atoms with van der Waals surface area (Å²) >= 11 is 0. The summed E-state index contributed by atoms with van der Waals surface area (Å²) in [5.74, 6) is 0.988. The van der Waals surface area contributed by atoms with E-state index in [9.17, 15) is 9.65 Å². The number of nitrogens with zero attached hydrogens (tertiary/aromatic N) is 4. The third-order valence-corrected chi connectivity index (χ3v) is 12.0. The summed E-state index contributed by atoms with van der Waals surface area (Å²) in [6.45, 7) is 15.5. The number of hydrogen-bond acceptors (Lipinski definition) is 4. The van der Waals surface area contributed by atoms with Crippen molar-refractivity contribution in [1.29, 1.82) is 5.26 Å². The number of furan rings is 1. The number of benzene rings is 7. The molecule has 7 aromatic carbocycles. The molecule has 0 aliphatic carbocycles. The third-order valence-electron chi connectivity index (χ3n) is 12.0. The van der Waals surface area contributed by atoms with Crippen LogP contribution in [0.15, 0.2) is 162 Å². The molecule has 66 heavy (non-hydrogen) atoms. The van der Waals surface area contributed by atoms with Crippen molar-refractivity contribution in [2.45, 2.75) is 65.7 Å². The smallest absolute Gasteiger partial charge is 0.122 e. The molecule has 7 heteroatoms. The van der Waals surface area contributed by atoms with Crippen molar-refractivity contribution >= 4 is 33.0 Å². The van der Waals surface area contributed by atoms with E-state index < -0.39 is 0 Å². The van der Waals surface area contributed by atoms with E-state index in [4.69, 9.17) is 9.40 Å². The predicted molar refractivity (Wildman–Crippen MR) is 264 cm³/mol. The number of halogens is 1. The van der Waals surface area contributed by atoms with E-state index in [-0.39, 0.29) is 43.2 Å². The second-order valence-electron chi connectivity index (χ2n) is 18.1. The normalized spacial score (nSPS) is 11.5.